The number of amides is 1. The van der Waals surface area contributed by atoms with Crippen LogP contribution in [0.15, 0.2) is 4.99 Å². The lowest BCUT2D eigenvalue weighted by Crippen LogP contribution is -2.45. The van der Waals surface area contributed by atoms with Crippen molar-refractivity contribution in [2.24, 2.45) is 10.9 Å². The number of carbonyl (C=O) groups excluding carboxylic acids is 1. The Morgan fingerprint density at radius 2 is 2.09 bits per heavy atom. The smallest absolute Gasteiger partial charge is 0.225 e. The van der Waals surface area contributed by atoms with Crippen LogP contribution in [0.3, 0.4) is 0 Å². The minimum atomic E-state index is 0.0663. The summed E-state index contributed by atoms with van der Waals surface area (Å²) in [6.45, 7) is 13.9. The zero-order valence-electron chi connectivity index (χ0n) is 15.4. The standard InChI is InChI=1S/C17H34N4O2/c1-6-18-17(19-9-7-11-23-14(4)5)20-15-8-10-21(12-15)16(22)13(2)3/h13-15H,6-12H2,1-5H3,(H2,18,19,20). The summed E-state index contributed by atoms with van der Waals surface area (Å²) in [5.41, 5.74) is 0. The van der Waals surface area contributed by atoms with Crippen molar-refractivity contribution in [2.45, 2.75) is 59.6 Å². The number of carbonyl (C=O) groups is 1. The molecule has 1 fully saturated rings. The number of guanidine groups is 1. The summed E-state index contributed by atoms with van der Waals surface area (Å²) in [6, 6.07) is 0.280. The molecule has 0 aliphatic carbocycles. The van der Waals surface area contributed by atoms with Crippen LogP contribution in [0.4, 0.5) is 0 Å². The molecule has 134 valence electrons. The van der Waals surface area contributed by atoms with E-state index in [1.165, 1.54) is 0 Å². The Labute approximate surface area is 141 Å². The molecule has 6 heteroatoms. The molecule has 1 aliphatic heterocycles. The van der Waals surface area contributed by atoms with Crippen molar-refractivity contribution in [3.63, 3.8) is 0 Å². The summed E-state index contributed by atoms with van der Waals surface area (Å²) >= 11 is 0. The van der Waals surface area contributed by atoms with E-state index >= 15 is 0 Å². The molecule has 23 heavy (non-hydrogen) atoms. The summed E-state index contributed by atoms with van der Waals surface area (Å²) in [5, 5.41) is 6.72. The Balaban J connectivity index is 2.39. The van der Waals surface area contributed by atoms with Gasteiger partial charge >= 0.3 is 0 Å². The number of nitrogens with zero attached hydrogens (tertiary/aromatic N) is 2. The van der Waals surface area contributed by atoms with Gasteiger partial charge in [-0.15, -0.1) is 0 Å². The Morgan fingerprint density at radius 1 is 1.35 bits per heavy atom. The average molecular weight is 326 g/mol. The summed E-state index contributed by atoms with van der Waals surface area (Å²) in [6.07, 6.45) is 2.16. The van der Waals surface area contributed by atoms with Gasteiger partial charge in [0.25, 0.3) is 0 Å². The summed E-state index contributed by atoms with van der Waals surface area (Å²) in [5.74, 6) is 1.14. The highest BCUT2D eigenvalue weighted by molar-refractivity contribution is 5.81. The Kier molecular flexibility index (Phi) is 8.99. The second kappa shape index (κ2) is 10.5. The van der Waals surface area contributed by atoms with Crippen LogP contribution in [-0.4, -0.2) is 61.7 Å². The first-order valence-corrected chi connectivity index (χ1v) is 8.89. The Morgan fingerprint density at radius 3 is 2.70 bits per heavy atom. The largest absolute Gasteiger partial charge is 0.379 e. The lowest BCUT2D eigenvalue weighted by atomic mass is 10.2. The number of rotatable bonds is 8. The van der Waals surface area contributed by atoms with E-state index in [4.69, 9.17) is 4.74 Å². The lowest BCUT2D eigenvalue weighted by molar-refractivity contribution is -0.133. The van der Waals surface area contributed by atoms with Crippen molar-refractivity contribution in [2.75, 3.05) is 32.8 Å². The van der Waals surface area contributed by atoms with Gasteiger partial charge in [-0.2, -0.15) is 0 Å². The van der Waals surface area contributed by atoms with Crippen molar-refractivity contribution in [1.29, 1.82) is 0 Å². The van der Waals surface area contributed by atoms with Crippen LogP contribution in [-0.2, 0) is 9.53 Å². The number of nitrogens with one attached hydrogen (secondary N) is 2. The van der Waals surface area contributed by atoms with Gasteiger partial charge in [0.1, 0.15) is 0 Å². The molecule has 1 amide bonds. The zero-order chi connectivity index (χ0) is 17.2. The number of ether oxygens (including phenoxy) is 1. The van der Waals surface area contributed by atoms with Crippen LogP contribution in [0.1, 0.15) is 47.5 Å². The maximum absolute atomic E-state index is 12.0. The molecule has 1 rings (SSSR count). The summed E-state index contributed by atoms with van der Waals surface area (Å²) in [7, 11) is 0. The molecule has 1 saturated heterocycles. The molecule has 1 heterocycles. The van der Waals surface area contributed by atoms with Gasteiger partial charge in [0, 0.05) is 44.7 Å². The lowest BCUT2D eigenvalue weighted by Gasteiger charge is -2.20. The maximum Gasteiger partial charge on any atom is 0.225 e. The topological polar surface area (TPSA) is 66.0 Å². The normalized spacial score (nSPS) is 18.8. The van der Waals surface area contributed by atoms with Gasteiger partial charge in [0.15, 0.2) is 5.96 Å². The fraction of sp³-hybridized carbons (Fsp3) is 0.882. The van der Waals surface area contributed by atoms with E-state index in [1.807, 2.05) is 32.6 Å². The highest BCUT2D eigenvalue weighted by Gasteiger charge is 2.27. The van der Waals surface area contributed by atoms with Crippen molar-refractivity contribution in [3.8, 4) is 0 Å². The molecular weight excluding hydrogens is 292 g/mol. The minimum absolute atomic E-state index is 0.0663. The Bertz CT molecular complexity index is 383. The summed E-state index contributed by atoms with van der Waals surface area (Å²) < 4.78 is 5.53. The highest BCUT2D eigenvalue weighted by atomic mass is 16.5. The molecule has 0 aromatic rings. The van der Waals surface area contributed by atoms with Gasteiger partial charge in [-0.3, -0.25) is 9.79 Å². The third kappa shape index (κ3) is 7.68. The molecule has 0 saturated carbocycles. The third-order valence-corrected chi connectivity index (χ3v) is 3.70. The van der Waals surface area contributed by atoms with Crippen molar-refractivity contribution in [1.82, 2.24) is 15.5 Å². The van der Waals surface area contributed by atoms with Crippen LogP contribution >= 0.6 is 0 Å². The van der Waals surface area contributed by atoms with E-state index in [9.17, 15) is 4.79 Å². The van der Waals surface area contributed by atoms with Crippen LogP contribution < -0.4 is 10.6 Å². The van der Waals surface area contributed by atoms with Crippen molar-refractivity contribution >= 4 is 11.9 Å². The predicted octanol–water partition coefficient (Wildman–Crippen LogP) is 1.61. The quantitative estimate of drug-likeness (QED) is 0.404. The van der Waals surface area contributed by atoms with E-state index in [0.717, 1.165) is 51.6 Å². The van der Waals surface area contributed by atoms with Crippen molar-refractivity contribution in [3.05, 3.63) is 0 Å². The molecule has 1 aliphatic rings. The molecule has 0 spiro atoms. The van der Waals surface area contributed by atoms with Gasteiger partial charge in [-0.25, -0.2) is 0 Å². The molecular formula is C17H34N4O2. The SMILES string of the molecule is CCNC(=NCCCOC(C)C)NC1CCN(C(=O)C(C)C)C1. The minimum Gasteiger partial charge on any atom is -0.379 e. The number of likely N-dealkylation sites (tertiary alicyclic amines) is 1. The van der Waals surface area contributed by atoms with E-state index in [1.54, 1.807) is 0 Å². The van der Waals surface area contributed by atoms with Crippen LogP contribution in [0.25, 0.3) is 0 Å². The van der Waals surface area contributed by atoms with Gasteiger partial charge < -0.3 is 20.3 Å². The second-order valence-electron chi connectivity index (χ2n) is 6.60. The van der Waals surface area contributed by atoms with E-state index in [0.29, 0.717) is 0 Å². The first kappa shape index (κ1) is 19.7. The molecule has 1 unspecified atom stereocenters. The van der Waals surface area contributed by atoms with E-state index in [2.05, 4.69) is 22.5 Å². The van der Waals surface area contributed by atoms with Gasteiger partial charge in [0.05, 0.1) is 6.10 Å². The highest BCUT2D eigenvalue weighted by Crippen LogP contribution is 2.12. The van der Waals surface area contributed by atoms with E-state index < -0.39 is 0 Å². The van der Waals surface area contributed by atoms with Gasteiger partial charge in [0.2, 0.25) is 5.91 Å². The molecule has 0 aromatic heterocycles. The molecule has 1 atom stereocenters. The first-order valence-electron chi connectivity index (χ1n) is 8.89. The van der Waals surface area contributed by atoms with Crippen molar-refractivity contribution < 1.29 is 9.53 Å². The average Bonchev–Trinajstić information content (AvgIpc) is 2.94. The first-order chi connectivity index (χ1) is 10.9. The van der Waals surface area contributed by atoms with Crippen LogP contribution in [0.5, 0.6) is 0 Å². The number of aliphatic imine (C=N–C) groups is 1. The number of hydrogen-bond acceptors (Lipinski definition) is 3. The van der Waals surface area contributed by atoms with Gasteiger partial charge in [-0.1, -0.05) is 13.8 Å². The number of hydrogen-bond donors (Lipinski definition) is 2. The third-order valence-electron chi connectivity index (χ3n) is 3.70. The molecule has 0 radical (unpaired) electrons. The maximum atomic E-state index is 12.0. The molecule has 6 nitrogen and oxygen atoms in total. The molecule has 0 aromatic carbocycles. The summed E-state index contributed by atoms with van der Waals surface area (Å²) in [4.78, 5) is 18.6. The predicted molar refractivity (Wildman–Crippen MR) is 94.6 cm³/mol. The van der Waals surface area contributed by atoms with Crippen LogP contribution in [0.2, 0.25) is 0 Å². The fourth-order valence-corrected chi connectivity index (χ4v) is 2.53. The second-order valence-corrected chi connectivity index (χ2v) is 6.60. The molecule has 0 bridgehead atoms. The van der Waals surface area contributed by atoms with Crippen LogP contribution in [0, 0.1) is 5.92 Å². The zero-order valence-corrected chi connectivity index (χ0v) is 15.4. The van der Waals surface area contributed by atoms with E-state index in [-0.39, 0.29) is 24.0 Å². The Hall–Kier alpha value is -1.30. The van der Waals surface area contributed by atoms with Gasteiger partial charge in [-0.05, 0) is 33.6 Å². The monoisotopic (exact) mass is 326 g/mol. The molecule has 2 N–H and O–H groups in total. The fourth-order valence-electron chi connectivity index (χ4n) is 2.53.